The molecule has 2 fully saturated rings. The van der Waals surface area contributed by atoms with Crippen LogP contribution in [0.2, 0.25) is 0 Å². The molecule has 0 aliphatic carbocycles. The fourth-order valence-electron chi connectivity index (χ4n) is 5.38. The van der Waals surface area contributed by atoms with Crippen LogP contribution in [-0.2, 0) is 28.4 Å². The van der Waals surface area contributed by atoms with Crippen LogP contribution in [0.1, 0.15) is 19.3 Å². The summed E-state index contributed by atoms with van der Waals surface area (Å²) >= 11 is 0. The number of rotatable bonds is 17. The molecular weight excluding hydrogens is 556 g/mol. The molecule has 2 aliphatic rings. The molecule has 0 radical (unpaired) electrons. The van der Waals surface area contributed by atoms with Crippen molar-refractivity contribution >= 4 is 34.6 Å². The summed E-state index contributed by atoms with van der Waals surface area (Å²) in [6.45, 7) is 9.17. The van der Waals surface area contributed by atoms with Gasteiger partial charge in [0.1, 0.15) is 11.0 Å². The number of hydrogen-bond acceptors (Lipinski definition) is 14. The van der Waals surface area contributed by atoms with Crippen molar-refractivity contribution < 1.29 is 28.4 Å². The Morgan fingerprint density at radius 2 is 1.09 bits per heavy atom. The number of anilines is 4. The third-order valence-corrected chi connectivity index (χ3v) is 7.91. The molecule has 0 aromatic carbocycles. The van der Waals surface area contributed by atoms with Crippen LogP contribution in [0.15, 0.2) is 0 Å². The van der Waals surface area contributed by atoms with Gasteiger partial charge in [-0.05, 0) is 19.3 Å². The Hall–Kier alpha value is -2.62. The van der Waals surface area contributed by atoms with Gasteiger partial charge in [-0.15, -0.1) is 0 Å². The first kappa shape index (κ1) is 33.3. The van der Waals surface area contributed by atoms with E-state index in [1.807, 2.05) is 0 Å². The lowest BCUT2D eigenvalue weighted by Crippen LogP contribution is -2.39. The van der Waals surface area contributed by atoms with E-state index in [9.17, 15) is 0 Å². The summed E-state index contributed by atoms with van der Waals surface area (Å²) in [5, 5.41) is 0. The number of fused-ring (bicyclic) bond motifs is 1. The molecule has 2 aromatic heterocycles. The summed E-state index contributed by atoms with van der Waals surface area (Å²) in [4.78, 5) is 29.6. The average molecular weight is 607 g/mol. The van der Waals surface area contributed by atoms with E-state index >= 15 is 0 Å². The molecule has 0 N–H and O–H groups in total. The Kier molecular flexibility index (Phi) is 13.6. The number of aromatic nitrogens is 4. The van der Waals surface area contributed by atoms with Gasteiger partial charge in [0.2, 0.25) is 11.9 Å². The summed E-state index contributed by atoms with van der Waals surface area (Å²) in [6.07, 6.45) is 2.97. The van der Waals surface area contributed by atoms with Gasteiger partial charge >= 0.3 is 0 Å². The van der Waals surface area contributed by atoms with Crippen LogP contribution >= 0.6 is 0 Å². The minimum Gasteiger partial charge on any atom is -0.383 e. The summed E-state index contributed by atoms with van der Waals surface area (Å²) in [5.74, 6) is 2.83. The summed E-state index contributed by atoms with van der Waals surface area (Å²) in [7, 11) is 8.60. The van der Waals surface area contributed by atoms with Crippen molar-refractivity contribution in [1.29, 1.82) is 0 Å². The smallest absolute Gasteiger partial charge is 0.228 e. The highest BCUT2D eigenvalue weighted by Gasteiger charge is 2.28. The van der Waals surface area contributed by atoms with E-state index < -0.39 is 0 Å². The van der Waals surface area contributed by atoms with E-state index in [4.69, 9.17) is 48.4 Å². The first-order valence-corrected chi connectivity index (χ1v) is 15.3. The average Bonchev–Trinajstić information content (AvgIpc) is 3.34. The third kappa shape index (κ3) is 8.96. The fourth-order valence-corrected chi connectivity index (χ4v) is 5.38. The Bertz CT molecular complexity index is 1080. The normalized spacial score (nSPS) is 16.6. The molecule has 4 heterocycles. The molecule has 2 aliphatic heterocycles. The molecule has 14 nitrogen and oxygen atoms in total. The number of ether oxygens (including phenoxy) is 6. The molecule has 4 rings (SSSR count). The molecule has 0 amide bonds. The van der Waals surface area contributed by atoms with E-state index in [0.29, 0.717) is 77.7 Å². The second-order valence-corrected chi connectivity index (χ2v) is 10.7. The highest BCUT2D eigenvalue weighted by Crippen LogP contribution is 2.34. The van der Waals surface area contributed by atoms with E-state index in [0.717, 1.165) is 68.2 Å². The van der Waals surface area contributed by atoms with E-state index in [-0.39, 0.29) is 6.10 Å². The molecule has 242 valence electrons. The molecule has 14 heteroatoms. The minimum atomic E-state index is 0.236. The molecule has 0 saturated carbocycles. The Labute approximate surface area is 255 Å². The predicted octanol–water partition coefficient (Wildman–Crippen LogP) is 1.46. The van der Waals surface area contributed by atoms with Gasteiger partial charge in [-0.2, -0.15) is 9.97 Å². The third-order valence-electron chi connectivity index (χ3n) is 7.91. The molecule has 2 saturated heterocycles. The molecule has 0 atom stereocenters. The maximum Gasteiger partial charge on any atom is 0.228 e. The van der Waals surface area contributed by atoms with E-state index in [1.165, 1.54) is 0 Å². The van der Waals surface area contributed by atoms with Gasteiger partial charge in [-0.25, -0.2) is 9.97 Å². The van der Waals surface area contributed by atoms with Gasteiger partial charge in [0, 0.05) is 94.5 Å². The highest BCUT2D eigenvalue weighted by atomic mass is 16.5. The van der Waals surface area contributed by atoms with Gasteiger partial charge in [0.25, 0.3) is 0 Å². The van der Waals surface area contributed by atoms with Crippen LogP contribution in [-0.4, -0.2) is 154 Å². The fraction of sp³-hybridized carbons (Fsp3) is 0.793. The standard InChI is InChI=1S/C29H50N8O6/c1-38-18-12-36(13-19-39-2)28-31-25-24(26(32-28)34-9-6-17-43-22-16-34)30-29(37(14-20-40-3)15-21-41-4)33-27(25)35-10-7-23(42-5)8-11-35/h23H,6-22H2,1-5H3. The summed E-state index contributed by atoms with van der Waals surface area (Å²) < 4.78 is 33.2. The maximum absolute atomic E-state index is 5.81. The van der Waals surface area contributed by atoms with Crippen LogP contribution in [0.5, 0.6) is 0 Å². The van der Waals surface area contributed by atoms with Gasteiger partial charge in [-0.1, -0.05) is 0 Å². The highest BCUT2D eigenvalue weighted by molar-refractivity contribution is 5.95. The van der Waals surface area contributed by atoms with E-state index in [1.54, 1.807) is 35.5 Å². The monoisotopic (exact) mass is 606 g/mol. The second-order valence-electron chi connectivity index (χ2n) is 10.7. The van der Waals surface area contributed by atoms with Crippen molar-refractivity contribution in [2.45, 2.75) is 25.4 Å². The van der Waals surface area contributed by atoms with Crippen LogP contribution in [0.25, 0.3) is 11.0 Å². The van der Waals surface area contributed by atoms with Gasteiger partial charge in [0.15, 0.2) is 11.6 Å². The van der Waals surface area contributed by atoms with Crippen molar-refractivity contribution in [2.75, 3.05) is 147 Å². The zero-order valence-corrected chi connectivity index (χ0v) is 26.6. The number of hydrogen-bond donors (Lipinski definition) is 0. The zero-order valence-electron chi connectivity index (χ0n) is 26.6. The lowest BCUT2D eigenvalue weighted by Gasteiger charge is -2.34. The van der Waals surface area contributed by atoms with Crippen molar-refractivity contribution in [3.8, 4) is 0 Å². The van der Waals surface area contributed by atoms with Crippen molar-refractivity contribution in [1.82, 2.24) is 19.9 Å². The summed E-state index contributed by atoms with van der Waals surface area (Å²) in [6, 6.07) is 0. The lowest BCUT2D eigenvalue weighted by atomic mass is 10.1. The predicted molar refractivity (Wildman–Crippen MR) is 167 cm³/mol. The largest absolute Gasteiger partial charge is 0.383 e. The molecule has 2 aromatic rings. The quantitative estimate of drug-likeness (QED) is 0.258. The van der Waals surface area contributed by atoms with Crippen LogP contribution in [0, 0.1) is 0 Å². The van der Waals surface area contributed by atoms with Gasteiger partial charge < -0.3 is 48.0 Å². The lowest BCUT2D eigenvalue weighted by molar-refractivity contribution is 0.0818. The minimum absolute atomic E-state index is 0.236. The summed E-state index contributed by atoms with van der Waals surface area (Å²) in [5.41, 5.74) is 1.47. The van der Waals surface area contributed by atoms with Gasteiger partial charge in [0.05, 0.1) is 39.1 Å². The molecule has 0 unspecified atom stereocenters. The van der Waals surface area contributed by atoms with Crippen LogP contribution < -0.4 is 19.6 Å². The van der Waals surface area contributed by atoms with Crippen LogP contribution in [0.4, 0.5) is 23.5 Å². The maximum atomic E-state index is 5.81. The Morgan fingerprint density at radius 3 is 1.53 bits per heavy atom. The number of nitrogens with zero attached hydrogens (tertiary/aromatic N) is 8. The number of piperidine rings is 1. The zero-order chi connectivity index (χ0) is 30.4. The first-order valence-electron chi connectivity index (χ1n) is 15.3. The topological polar surface area (TPSA) is 120 Å². The van der Waals surface area contributed by atoms with Crippen molar-refractivity contribution in [3.63, 3.8) is 0 Å². The number of methoxy groups -OCH3 is 5. The molecule has 0 spiro atoms. The SMILES string of the molecule is COCCN(CCOC)c1nc(N2CCC(OC)CC2)c2nc(N(CCOC)CCOC)nc(N3CCCOCC3)c2n1. The van der Waals surface area contributed by atoms with Crippen molar-refractivity contribution in [3.05, 3.63) is 0 Å². The van der Waals surface area contributed by atoms with Crippen LogP contribution in [0.3, 0.4) is 0 Å². The van der Waals surface area contributed by atoms with Gasteiger partial charge in [-0.3, -0.25) is 0 Å². The second kappa shape index (κ2) is 17.6. The first-order chi connectivity index (χ1) is 21.1. The van der Waals surface area contributed by atoms with Crippen molar-refractivity contribution in [2.24, 2.45) is 0 Å². The molecular formula is C29H50N8O6. The molecule has 0 bridgehead atoms. The Balaban J connectivity index is 1.91. The molecule has 43 heavy (non-hydrogen) atoms. The van der Waals surface area contributed by atoms with E-state index in [2.05, 4.69) is 19.6 Å². The Morgan fingerprint density at radius 1 is 0.628 bits per heavy atom.